The molecule has 1 fully saturated rings. The van der Waals surface area contributed by atoms with Gasteiger partial charge < -0.3 is 9.84 Å². The summed E-state index contributed by atoms with van der Waals surface area (Å²) >= 11 is 0. The molecule has 3 nitrogen and oxygen atoms in total. The molecule has 3 heteroatoms. The summed E-state index contributed by atoms with van der Waals surface area (Å²) in [7, 11) is 0. The third-order valence-electron chi connectivity index (χ3n) is 5.86. The zero-order chi connectivity index (χ0) is 18.0. The molecule has 1 saturated heterocycles. The first-order chi connectivity index (χ1) is 12.0. The number of rotatable bonds is 4. The molecule has 0 amide bonds. The van der Waals surface area contributed by atoms with Gasteiger partial charge in [-0.15, -0.1) is 0 Å². The van der Waals surface area contributed by atoms with Crippen LogP contribution in [-0.2, 0) is 22.4 Å². The molecule has 1 aliphatic carbocycles. The summed E-state index contributed by atoms with van der Waals surface area (Å²) in [6.07, 6.45) is 4.95. The zero-order valence-corrected chi connectivity index (χ0v) is 15.7. The topological polar surface area (TPSA) is 46.5 Å². The summed E-state index contributed by atoms with van der Waals surface area (Å²) in [5, 5.41) is 10.8. The Morgan fingerprint density at radius 3 is 2.16 bits per heavy atom. The van der Waals surface area contributed by atoms with Crippen LogP contribution in [0.4, 0.5) is 0 Å². The quantitative estimate of drug-likeness (QED) is 0.855. The van der Waals surface area contributed by atoms with E-state index in [0.29, 0.717) is 30.1 Å². The van der Waals surface area contributed by atoms with E-state index in [-0.39, 0.29) is 11.7 Å². The van der Waals surface area contributed by atoms with Gasteiger partial charge in [-0.1, -0.05) is 31.5 Å². The molecule has 136 valence electrons. The second-order valence-electron chi connectivity index (χ2n) is 7.53. The lowest BCUT2D eigenvalue weighted by molar-refractivity contribution is -0.116. The van der Waals surface area contributed by atoms with Gasteiger partial charge in [-0.05, 0) is 61.1 Å². The molecule has 0 radical (unpaired) electrons. The summed E-state index contributed by atoms with van der Waals surface area (Å²) in [6.45, 7) is 7.90. The number of carbonyl (C=O) groups is 1. The van der Waals surface area contributed by atoms with Crippen molar-refractivity contribution in [2.24, 2.45) is 11.8 Å². The van der Waals surface area contributed by atoms with E-state index in [2.05, 4.69) is 32.9 Å². The molecule has 1 aliphatic heterocycles. The standard InChI is InChI=1S/C22H30O3/c1-4-15-10-14(3)11-16(5-2)21(15)22-19(23)12-18(13-20(22)24)17-6-8-25-9-7-17/h10-11,17-18,23H,4-9,12-13H2,1-3H3. The normalized spacial score (nSPS) is 22.5. The van der Waals surface area contributed by atoms with Crippen molar-refractivity contribution in [2.45, 2.75) is 59.3 Å². The minimum Gasteiger partial charge on any atom is -0.512 e. The van der Waals surface area contributed by atoms with Crippen LogP contribution in [-0.4, -0.2) is 24.1 Å². The number of carbonyl (C=O) groups excluding carboxylic acids is 1. The van der Waals surface area contributed by atoms with E-state index >= 15 is 0 Å². The predicted octanol–water partition coefficient (Wildman–Crippen LogP) is 4.79. The van der Waals surface area contributed by atoms with Crippen molar-refractivity contribution in [3.05, 3.63) is 40.1 Å². The number of hydrogen-bond donors (Lipinski definition) is 1. The molecule has 25 heavy (non-hydrogen) atoms. The maximum atomic E-state index is 13.0. The first-order valence-electron chi connectivity index (χ1n) is 9.70. The number of ether oxygens (including phenoxy) is 1. The maximum Gasteiger partial charge on any atom is 0.167 e. The van der Waals surface area contributed by atoms with Gasteiger partial charge in [0.15, 0.2) is 5.78 Å². The average molecular weight is 342 g/mol. The molecular formula is C22H30O3. The SMILES string of the molecule is CCc1cc(C)cc(CC)c1C1=C(O)CC(C2CCOCC2)CC1=O. The molecule has 1 heterocycles. The van der Waals surface area contributed by atoms with Crippen molar-refractivity contribution >= 4 is 11.4 Å². The molecule has 1 atom stereocenters. The molecule has 0 saturated carbocycles. The molecular weight excluding hydrogens is 312 g/mol. The number of hydrogen-bond acceptors (Lipinski definition) is 3. The predicted molar refractivity (Wildman–Crippen MR) is 101 cm³/mol. The van der Waals surface area contributed by atoms with Crippen LogP contribution in [0.15, 0.2) is 17.9 Å². The monoisotopic (exact) mass is 342 g/mol. The number of ketones is 1. The maximum absolute atomic E-state index is 13.0. The number of aliphatic hydroxyl groups excluding tert-OH is 1. The smallest absolute Gasteiger partial charge is 0.167 e. The summed E-state index contributed by atoms with van der Waals surface area (Å²) < 4.78 is 5.45. The van der Waals surface area contributed by atoms with Crippen LogP contribution in [0.3, 0.4) is 0 Å². The van der Waals surface area contributed by atoms with Crippen LogP contribution in [0.5, 0.6) is 0 Å². The Morgan fingerprint density at radius 2 is 1.64 bits per heavy atom. The van der Waals surface area contributed by atoms with Crippen molar-refractivity contribution < 1.29 is 14.6 Å². The Bertz CT molecular complexity index is 656. The number of aliphatic hydroxyl groups is 1. The van der Waals surface area contributed by atoms with E-state index < -0.39 is 0 Å². The average Bonchev–Trinajstić information content (AvgIpc) is 2.62. The largest absolute Gasteiger partial charge is 0.512 e. The van der Waals surface area contributed by atoms with Crippen LogP contribution < -0.4 is 0 Å². The van der Waals surface area contributed by atoms with Gasteiger partial charge in [0.1, 0.15) is 5.76 Å². The first kappa shape index (κ1) is 18.2. The molecule has 1 aromatic rings. The Labute approximate surface area is 151 Å². The van der Waals surface area contributed by atoms with Gasteiger partial charge in [-0.2, -0.15) is 0 Å². The van der Waals surface area contributed by atoms with E-state index in [9.17, 15) is 9.90 Å². The number of allylic oxidation sites excluding steroid dienone is 2. The lowest BCUT2D eigenvalue weighted by atomic mass is 9.73. The Hall–Kier alpha value is -1.61. The first-order valence-corrected chi connectivity index (χ1v) is 9.70. The highest BCUT2D eigenvalue weighted by atomic mass is 16.5. The van der Waals surface area contributed by atoms with Gasteiger partial charge in [-0.25, -0.2) is 0 Å². The van der Waals surface area contributed by atoms with E-state index in [1.807, 2.05) is 0 Å². The molecule has 1 unspecified atom stereocenters. The molecule has 0 aromatic heterocycles. The fourth-order valence-corrected chi connectivity index (χ4v) is 4.55. The number of Topliss-reactive ketones (excluding diaryl/α,β-unsaturated/α-hetero) is 1. The van der Waals surface area contributed by atoms with E-state index in [4.69, 9.17) is 4.74 Å². The molecule has 1 N–H and O–H groups in total. The zero-order valence-electron chi connectivity index (χ0n) is 15.7. The van der Waals surface area contributed by atoms with Crippen molar-refractivity contribution in [3.63, 3.8) is 0 Å². The third kappa shape index (κ3) is 3.67. The Morgan fingerprint density at radius 1 is 1.04 bits per heavy atom. The van der Waals surface area contributed by atoms with Gasteiger partial charge >= 0.3 is 0 Å². The van der Waals surface area contributed by atoms with Crippen LogP contribution >= 0.6 is 0 Å². The third-order valence-corrected chi connectivity index (χ3v) is 5.86. The van der Waals surface area contributed by atoms with E-state index in [1.54, 1.807) is 0 Å². The molecule has 2 aliphatic rings. The highest BCUT2D eigenvalue weighted by Crippen LogP contribution is 2.40. The van der Waals surface area contributed by atoms with Crippen molar-refractivity contribution in [1.29, 1.82) is 0 Å². The van der Waals surface area contributed by atoms with Gasteiger partial charge in [0.2, 0.25) is 0 Å². The summed E-state index contributed by atoms with van der Waals surface area (Å²) in [5.74, 6) is 1.19. The second-order valence-corrected chi connectivity index (χ2v) is 7.53. The highest BCUT2D eigenvalue weighted by Gasteiger charge is 2.35. The fourth-order valence-electron chi connectivity index (χ4n) is 4.55. The van der Waals surface area contributed by atoms with Crippen molar-refractivity contribution in [1.82, 2.24) is 0 Å². The summed E-state index contributed by atoms with van der Waals surface area (Å²) in [4.78, 5) is 13.0. The van der Waals surface area contributed by atoms with Gasteiger partial charge in [0, 0.05) is 26.1 Å². The van der Waals surface area contributed by atoms with Crippen LogP contribution in [0.1, 0.15) is 61.8 Å². The molecule has 0 spiro atoms. The molecule has 0 bridgehead atoms. The van der Waals surface area contributed by atoms with Gasteiger partial charge in [-0.3, -0.25) is 4.79 Å². The lowest BCUT2D eigenvalue weighted by Gasteiger charge is -2.33. The lowest BCUT2D eigenvalue weighted by Crippen LogP contribution is -2.29. The van der Waals surface area contributed by atoms with Crippen LogP contribution in [0, 0.1) is 18.8 Å². The highest BCUT2D eigenvalue weighted by molar-refractivity contribution is 6.22. The minimum absolute atomic E-state index is 0.119. The molecule has 3 rings (SSSR count). The fraction of sp³-hybridized carbons (Fsp3) is 0.591. The van der Waals surface area contributed by atoms with E-state index in [1.165, 1.54) is 16.7 Å². The van der Waals surface area contributed by atoms with Crippen molar-refractivity contribution in [3.8, 4) is 0 Å². The number of benzene rings is 1. The Balaban J connectivity index is 1.98. The Kier molecular flexibility index (Phi) is 5.63. The number of aryl methyl sites for hydroxylation is 3. The minimum atomic E-state index is 0.119. The summed E-state index contributed by atoms with van der Waals surface area (Å²) in [6, 6.07) is 4.32. The van der Waals surface area contributed by atoms with Crippen LogP contribution in [0.2, 0.25) is 0 Å². The van der Waals surface area contributed by atoms with Crippen molar-refractivity contribution in [2.75, 3.05) is 13.2 Å². The summed E-state index contributed by atoms with van der Waals surface area (Å²) in [5.41, 5.74) is 5.17. The van der Waals surface area contributed by atoms with Gasteiger partial charge in [0.25, 0.3) is 0 Å². The van der Waals surface area contributed by atoms with Crippen LogP contribution in [0.25, 0.3) is 5.57 Å². The van der Waals surface area contributed by atoms with Gasteiger partial charge in [0.05, 0.1) is 5.57 Å². The van der Waals surface area contributed by atoms with E-state index in [0.717, 1.165) is 44.5 Å². The molecule has 1 aromatic carbocycles. The second kappa shape index (κ2) is 7.74.